The van der Waals surface area contributed by atoms with E-state index in [9.17, 15) is 8.42 Å². The second-order valence-corrected chi connectivity index (χ2v) is 9.47. The van der Waals surface area contributed by atoms with Crippen LogP contribution >= 0.6 is 11.6 Å². The number of H-pyrrole nitrogens is 1. The number of aromatic amines is 1. The first-order valence-electron chi connectivity index (χ1n) is 9.21. The van der Waals surface area contributed by atoms with Crippen molar-refractivity contribution in [2.45, 2.75) is 37.8 Å². The van der Waals surface area contributed by atoms with Gasteiger partial charge in [0, 0.05) is 40.4 Å². The number of rotatable bonds is 5. The van der Waals surface area contributed by atoms with Gasteiger partial charge in [0.15, 0.2) is 0 Å². The molecule has 1 saturated carbocycles. The summed E-state index contributed by atoms with van der Waals surface area (Å²) in [6.45, 7) is 0. The highest BCUT2D eigenvalue weighted by Crippen LogP contribution is 2.30. The van der Waals surface area contributed by atoms with E-state index in [4.69, 9.17) is 16.6 Å². The normalized spacial score (nSPS) is 20.4. The molecule has 3 heterocycles. The minimum absolute atomic E-state index is 0.0559. The lowest BCUT2D eigenvalue weighted by Gasteiger charge is -2.30. The third-order valence-corrected chi connectivity index (χ3v) is 5.90. The van der Waals surface area contributed by atoms with E-state index >= 15 is 0 Å². The number of nitrogens with one attached hydrogen (secondary N) is 3. The first kappa shape index (κ1) is 19.2. The number of pyridine rings is 2. The molecule has 148 valence electrons. The minimum atomic E-state index is -3.21. The zero-order chi connectivity index (χ0) is 19.7. The van der Waals surface area contributed by atoms with Crippen LogP contribution in [0.15, 0.2) is 36.7 Å². The summed E-state index contributed by atoms with van der Waals surface area (Å²) in [5.41, 5.74) is 2.50. The lowest BCUT2D eigenvalue weighted by Crippen LogP contribution is -2.41. The van der Waals surface area contributed by atoms with E-state index in [0.29, 0.717) is 17.3 Å². The highest BCUT2D eigenvalue weighted by molar-refractivity contribution is 7.88. The van der Waals surface area contributed by atoms with Gasteiger partial charge in [-0.2, -0.15) is 0 Å². The zero-order valence-electron chi connectivity index (χ0n) is 15.4. The Hall–Kier alpha value is -2.16. The van der Waals surface area contributed by atoms with Gasteiger partial charge in [0.1, 0.15) is 11.5 Å². The third-order valence-electron chi connectivity index (χ3n) is 4.92. The van der Waals surface area contributed by atoms with Crippen LogP contribution in [0.25, 0.3) is 22.3 Å². The van der Waals surface area contributed by atoms with E-state index < -0.39 is 10.0 Å². The second-order valence-electron chi connectivity index (χ2n) is 7.25. The molecule has 1 aliphatic rings. The maximum Gasteiger partial charge on any atom is 0.208 e. The Balaban J connectivity index is 1.56. The summed E-state index contributed by atoms with van der Waals surface area (Å²) in [5, 5.41) is 5.01. The predicted molar refractivity (Wildman–Crippen MR) is 112 cm³/mol. The average Bonchev–Trinajstić information content (AvgIpc) is 3.04. The molecule has 2 unspecified atom stereocenters. The van der Waals surface area contributed by atoms with Crippen molar-refractivity contribution in [1.29, 1.82) is 0 Å². The molecule has 1 fully saturated rings. The summed E-state index contributed by atoms with van der Waals surface area (Å²) in [4.78, 5) is 12.2. The van der Waals surface area contributed by atoms with Gasteiger partial charge in [-0.05, 0) is 49.9 Å². The van der Waals surface area contributed by atoms with Crippen molar-refractivity contribution >= 4 is 38.5 Å². The summed E-state index contributed by atoms with van der Waals surface area (Å²) < 4.78 is 25.8. The van der Waals surface area contributed by atoms with Crippen LogP contribution in [0.5, 0.6) is 0 Å². The summed E-state index contributed by atoms with van der Waals surface area (Å²) in [6.07, 6.45) is 8.30. The maximum absolute atomic E-state index is 11.5. The Bertz CT molecular complexity index is 1100. The lowest BCUT2D eigenvalue weighted by atomic mass is 9.91. The molecule has 0 bridgehead atoms. The number of halogens is 1. The fourth-order valence-corrected chi connectivity index (χ4v) is 4.84. The largest absolute Gasteiger partial charge is 0.367 e. The van der Waals surface area contributed by atoms with Gasteiger partial charge < -0.3 is 10.3 Å². The summed E-state index contributed by atoms with van der Waals surface area (Å²) >= 11 is 6.35. The molecule has 0 amide bonds. The number of sulfonamides is 1. The van der Waals surface area contributed by atoms with Gasteiger partial charge in [-0.25, -0.2) is 23.1 Å². The number of fused-ring (bicyclic) bond motifs is 1. The highest BCUT2D eigenvalue weighted by atomic mass is 35.5. The SMILES string of the molecule is CS(=O)(=O)NC1CCCC(Nc2cc(Cl)cc(-c3c[nH]c4ncccc34)n2)C1. The molecule has 3 N–H and O–H groups in total. The minimum Gasteiger partial charge on any atom is -0.367 e. The fraction of sp³-hybridized carbons (Fsp3) is 0.368. The predicted octanol–water partition coefficient (Wildman–Crippen LogP) is 3.55. The summed E-state index contributed by atoms with van der Waals surface area (Å²) in [7, 11) is -3.21. The lowest BCUT2D eigenvalue weighted by molar-refractivity contribution is 0.386. The summed E-state index contributed by atoms with van der Waals surface area (Å²) in [6, 6.07) is 7.59. The van der Waals surface area contributed by atoms with Crippen molar-refractivity contribution in [1.82, 2.24) is 19.7 Å². The molecule has 4 rings (SSSR count). The molecule has 9 heteroatoms. The maximum atomic E-state index is 11.5. The van der Waals surface area contributed by atoms with Crippen LogP contribution in [0.4, 0.5) is 5.82 Å². The van der Waals surface area contributed by atoms with Crippen LogP contribution in [0, 0.1) is 0 Å². The molecular weight excluding hydrogens is 398 g/mol. The van der Waals surface area contributed by atoms with E-state index in [1.165, 1.54) is 6.26 Å². The van der Waals surface area contributed by atoms with Crippen molar-refractivity contribution in [3.63, 3.8) is 0 Å². The van der Waals surface area contributed by atoms with Crippen molar-refractivity contribution in [2.24, 2.45) is 0 Å². The Morgan fingerprint density at radius 3 is 2.89 bits per heavy atom. The number of hydrogen-bond acceptors (Lipinski definition) is 5. The van der Waals surface area contributed by atoms with Crippen molar-refractivity contribution in [2.75, 3.05) is 11.6 Å². The molecule has 7 nitrogen and oxygen atoms in total. The smallest absolute Gasteiger partial charge is 0.208 e. The molecule has 0 aromatic carbocycles. The highest BCUT2D eigenvalue weighted by Gasteiger charge is 2.24. The topological polar surface area (TPSA) is 99.8 Å². The average molecular weight is 420 g/mol. The van der Waals surface area contributed by atoms with Crippen molar-refractivity contribution < 1.29 is 8.42 Å². The Labute approximate surface area is 169 Å². The molecule has 3 aromatic heterocycles. The van der Waals surface area contributed by atoms with Crippen molar-refractivity contribution in [3.8, 4) is 11.3 Å². The molecule has 1 aliphatic carbocycles. The Morgan fingerprint density at radius 2 is 2.07 bits per heavy atom. The van der Waals surface area contributed by atoms with Gasteiger partial charge in [-0.3, -0.25) is 0 Å². The van der Waals surface area contributed by atoms with Crippen LogP contribution in [0.2, 0.25) is 5.02 Å². The van der Waals surface area contributed by atoms with E-state index in [1.807, 2.05) is 24.4 Å². The monoisotopic (exact) mass is 419 g/mol. The Kier molecular flexibility index (Phi) is 5.27. The van der Waals surface area contributed by atoms with Crippen LogP contribution in [-0.2, 0) is 10.0 Å². The quantitative estimate of drug-likeness (QED) is 0.587. The van der Waals surface area contributed by atoms with Gasteiger partial charge in [0.25, 0.3) is 0 Å². The first-order valence-corrected chi connectivity index (χ1v) is 11.5. The van der Waals surface area contributed by atoms with Gasteiger partial charge in [-0.1, -0.05) is 11.6 Å². The van der Waals surface area contributed by atoms with Gasteiger partial charge in [0.05, 0.1) is 11.9 Å². The van der Waals surface area contributed by atoms with E-state index in [0.717, 1.165) is 41.6 Å². The van der Waals surface area contributed by atoms with Crippen LogP contribution in [0.1, 0.15) is 25.7 Å². The van der Waals surface area contributed by atoms with Gasteiger partial charge in [-0.15, -0.1) is 0 Å². The van der Waals surface area contributed by atoms with Crippen LogP contribution in [0.3, 0.4) is 0 Å². The Morgan fingerprint density at radius 1 is 1.25 bits per heavy atom. The molecule has 3 aromatic rings. The van der Waals surface area contributed by atoms with E-state index in [2.05, 4.69) is 20.0 Å². The molecule has 28 heavy (non-hydrogen) atoms. The standard InChI is InChI=1S/C19H22ClN5O2S/c1-28(26,27)25-14-5-2-4-13(10-14)23-18-9-12(20)8-17(24-18)16-11-22-19-15(16)6-3-7-21-19/h3,6-9,11,13-14,25H,2,4-5,10H2,1H3,(H,21,22)(H,23,24). The van der Waals surface area contributed by atoms with Crippen LogP contribution in [-0.4, -0.2) is 41.7 Å². The van der Waals surface area contributed by atoms with Crippen molar-refractivity contribution in [3.05, 3.63) is 41.7 Å². The van der Waals surface area contributed by atoms with Gasteiger partial charge in [0.2, 0.25) is 10.0 Å². The van der Waals surface area contributed by atoms with Crippen LogP contribution < -0.4 is 10.0 Å². The first-order chi connectivity index (χ1) is 13.4. The molecule has 0 radical (unpaired) electrons. The molecule has 2 atom stereocenters. The van der Waals surface area contributed by atoms with E-state index in [1.54, 1.807) is 12.3 Å². The number of aromatic nitrogens is 3. The van der Waals surface area contributed by atoms with E-state index in [-0.39, 0.29) is 12.1 Å². The van der Waals surface area contributed by atoms with Gasteiger partial charge >= 0.3 is 0 Å². The molecule has 0 aliphatic heterocycles. The summed E-state index contributed by atoms with van der Waals surface area (Å²) in [5.74, 6) is 0.686. The number of nitrogens with zero attached hydrogens (tertiary/aromatic N) is 2. The second kappa shape index (κ2) is 7.69. The molecule has 0 saturated heterocycles. The molecular formula is C19H22ClN5O2S. The molecule has 0 spiro atoms. The number of anilines is 1. The fourth-order valence-electron chi connectivity index (χ4n) is 3.82. The zero-order valence-corrected chi connectivity index (χ0v) is 17.0. The number of hydrogen-bond donors (Lipinski definition) is 3. The third kappa shape index (κ3) is 4.45.